The number of ether oxygens (including phenoxy) is 13. The first-order chi connectivity index (χ1) is 49.4. The smallest absolute Gasteiger partial charge is 0.407 e. The van der Waals surface area contributed by atoms with E-state index in [2.05, 4.69) is 40.4 Å². The van der Waals surface area contributed by atoms with Gasteiger partial charge in [-0.25, -0.2) is 19.4 Å². The number of primary amides is 1. The summed E-state index contributed by atoms with van der Waals surface area (Å²) in [6.07, 6.45) is 4.71. The average Bonchev–Trinajstić information content (AvgIpc) is 1.52. The molecular formula is C73H110N8O21. The zero-order chi connectivity index (χ0) is 73.3. The molecule has 2 aliphatic rings. The summed E-state index contributed by atoms with van der Waals surface area (Å²) < 4.78 is 74.0. The van der Waals surface area contributed by atoms with Gasteiger partial charge in [0.2, 0.25) is 17.7 Å². The number of cyclic esters (lactones) is 1. The van der Waals surface area contributed by atoms with Gasteiger partial charge in [0, 0.05) is 61.5 Å². The molecule has 2 aliphatic heterocycles. The number of benzene rings is 2. The first kappa shape index (κ1) is 83.5. The fourth-order valence-electron chi connectivity index (χ4n) is 11.1. The number of aromatic nitrogens is 2. The van der Waals surface area contributed by atoms with Crippen molar-refractivity contribution in [3.8, 4) is 17.1 Å². The summed E-state index contributed by atoms with van der Waals surface area (Å²) in [6, 6.07) is 11.1. The molecule has 0 bridgehead atoms. The summed E-state index contributed by atoms with van der Waals surface area (Å²) in [5.41, 5.74) is 8.34. The van der Waals surface area contributed by atoms with Crippen LogP contribution in [0.15, 0.2) is 53.3 Å². The Morgan fingerprint density at radius 1 is 0.627 bits per heavy atom. The van der Waals surface area contributed by atoms with Crippen LogP contribution in [0, 0.1) is 11.8 Å². The number of rotatable bonds is 55. The van der Waals surface area contributed by atoms with Gasteiger partial charge in [-0.1, -0.05) is 53.7 Å². The van der Waals surface area contributed by atoms with Gasteiger partial charge >= 0.3 is 18.1 Å². The van der Waals surface area contributed by atoms with Gasteiger partial charge < -0.3 is 104 Å². The number of urea groups is 1. The Kier molecular flexibility index (Phi) is 38.5. The van der Waals surface area contributed by atoms with E-state index < -0.39 is 53.5 Å². The van der Waals surface area contributed by atoms with Crippen LogP contribution >= 0.6 is 0 Å². The Hall–Kier alpha value is -7.42. The highest BCUT2D eigenvalue weighted by molar-refractivity contribution is 5.98. The predicted molar refractivity (Wildman–Crippen MR) is 379 cm³/mol. The molecule has 568 valence electrons. The topological polar surface area (TPSA) is 364 Å². The minimum absolute atomic E-state index is 0.00177. The highest BCUT2D eigenvalue weighted by atomic mass is 16.6. The second-order valence-corrected chi connectivity index (χ2v) is 25.3. The summed E-state index contributed by atoms with van der Waals surface area (Å²) in [5, 5.41) is 25.7. The number of hydrogen-bond donors (Lipinski definition) is 7. The van der Waals surface area contributed by atoms with Crippen molar-refractivity contribution >= 4 is 52.4 Å². The fraction of sp³-hybridized carbons (Fsp3) is 0.644. The number of unbranched alkanes of at least 4 members (excludes halogenated alkanes) is 2. The quantitative estimate of drug-likeness (QED) is 0.0170. The van der Waals surface area contributed by atoms with Crippen LogP contribution in [0.2, 0.25) is 0 Å². The van der Waals surface area contributed by atoms with Crippen molar-refractivity contribution in [3.05, 3.63) is 86.7 Å². The number of amides is 6. The molecule has 6 amide bonds. The molecule has 2 aromatic heterocycles. The molecule has 8 N–H and O–H groups in total. The van der Waals surface area contributed by atoms with Crippen LogP contribution in [0.3, 0.4) is 0 Å². The number of esters is 1. The lowest BCUT2D eigenvalue weighted by Gasteiger charge is -2.31. The van der Waals surface area contributed by atoms with Gasteiger partial charge in [0.15, 0.2) is 5.60 Å². The molecule has 3 atom stereocenters. The van der Waals surface area contributed by atoms with Gasteiger partial charge in [-0.2, -0.15) is 0 Å². The Morgan fingerprint density at radius 3 is 1.75 bits per heavy atom. The standard InChI is InChI=1S/C73H110N8O21/c1-7-56-57-46-55(19-20-61(57)78-66-58(56)48-81-63(66)47-60-59(69(81)85)50-101-70(86)73(60,89)8-2)100-27-13-24-76-72(88)102-49-53-15-17-54(18-16-53)77-67(83)62(14-12-23-75-71(74)87)79-68(84)65(52(5)6)80-64(82)22-29-93-32-30-90-25-10-9-11-26-91-31-34-94-36-38-96-40-42-98-44-45-99-43-41-97-39-37-95-35-33-92-28-21-51(3)4/h15-20,46-47,51-52,62,65,89H,7-14,21-45,48-50H2,1-6H3,(H,76,88)(H,77,83)(H,79,84)(H,80,82)(H3,74,75,87)/t62-,65-,73-/m0/s1. The number of nitrogens with one attached hydrogen (secondary N) is 5. The number of nitrogens with zero attached hydrogens (tertiary/aromatic N) is 2. The van der Waals surface area contributed by atoms with E-state index in [1.807, 2.05) is 19.1 Å². The third-order valence-corrected chi connectivity index (χ3v) is 16.8. The molecule has 2 aromatic carbocycles. The molecule has 4 aromatic rings. The first-order valence-electron chi connectivity index (χ1n) is 35.9. The van der Waals surface area contributed by atoms with E-state index in [9.17, 15) is 38.7 Å². The van der Waals surface area contributed by atoms with Crippen LogP contribution in [0.1, 0.15) is 127 Å². The molecule has 6 rings (SSSR count). The second kappa shape index (κ2) is 47.0. The van der Waals surface area contributed by atoms with Crippen molar-refractivity contribution < 1.29 is 95.5 Å². The first-order valence-corrected chi connectivity index (χ1v) is 35.9. The number of carbonyl (C=O) groups is 6. The number of alkyl carbamates (subject to hydrolysis) is 1. The average molecular weight is 1440 g/mol. The van der Waals surface area contributed by atoms with E-state index in [4.69, 9.17) is 72.3 Å². The molecule has 29 nitrogen and oxygen atoms in total. The third kappa shape index (κ3) is 29.0. The number of hydrogen-bond acceptors (Lipinski definition) is 22. The molecule has 0 radical (unpaired) electrons. The number of pyridine rings is 2. The zero-order valence-electron chi connectivity index (χ0n) is 60.5. The van der Waals surface area contributed by atoms with E-state index in [1.165, 1.54) is 0 Å². The SMILES string of the molecule is CCc1c2c(nc3ccc(OCCCNC(=O)OCc4ccc(NC(=O)[C@H](CCCNC(N)=O)NC(=O)[C@@H](NC(=O)CCOCCOCCCCCOCCOCCOCCOCCOCCOCCOCCOCCC(C)C)C(C)C)cc4)cc13)-c1cc3c(c(=O)n1C2)COC(=O)[C@]3(O)CC. The van der Waals surface area contributed by atoms with Crippen LogP contribution < -0.4 is 42.6 Å². The van der Waals surface area contributed by atoms with Gasteiger partial charge in [-0.15, -0.1) is 0 Å². The van der Waals surface area contributed by atoms with Crippen molar-refractivity contribution in [1.82, 2.24) is 30.8 Å². The number of anilines is 1. The Morgan fingerprint density at radius 2 is 1.20 bits per heavy atom. The maximum atomic E-state index is 13.7. The number of aliphatic hydroxyl groups is 1. The van der Waals surface area contributed by atoms with E-state index in [1.54, 1.807) is 61.7 Å². The van der Waals surface area contributed by atoms with Crippen LogP contribution in [0.4, 0.5) is 15.3 Å². The van der Waals surface area contributed by atoms with E-state index in [0.29, 0.717) is 178 Å². The molecule has 0 spiro atoms. The van der Waals surface area contributed by atoms with Gasteiger partial charge in [0.1, 0.15) is 31.0 Å². The van der Waals surface area contributed by atoms with Crippen LogP contribution in [0.5, 0.6) is 5.75 Å². The van der Waals surface area contributed by atoms with Gasteiger partial charge in [0.25, 0.3) is 5.56 Å². The van der Waals surface area contributed by atoms with Crippen molar-refractivity contribution in [2.45, 2.75) is 143 Å². The summed E-state index contributed by atoms with van der Waals surface area (Å²) in [5.74, 6) is -1.37. The normalized spacial score (nSPS) is 14.4. The number of carbonyl (C=O) groups excluding carboxylic acids is 6. The van der Waals surface area contributed by atoms with Crippen LogP contribution in [-0.4, -0.2) is 214 Å². The summed E-state index contributed by atoms with van der Waals surface area (Å²) >= 11 is 0. The summed E-state index contributed by atoms with van der Waals surface area (Å²) in [4.78, 5) is 95.9. The highest BCUT2D eigenvalue weighted by Crippen LogP contribution is 2.41. The largest absolute Gasteiger partial charge is 0.494 e. The summed E-state index contributed by atoms with van der Waals surface area (Å²) in [6.45, 7) is 22.2. The fourth-order valence-corrected chi connectivity index (χ4v) is 11.1. The Bertz CT molecular complexity index is 3260. The minimum Gasteiger partial charge on any atom is -0.494 e. The molecule has 4 heterocycles. The molecular weight excluding hydrogens is 1320 g/mol. The Labute approximate surface area is 598 Å². The number of nitrogens with two attached hydrogens (primary N) is 1. The van der Waals surface area contributed by atoms with Gasteiger partial charge in [0.05, 0.1) is 148 Å². The monoisotopic (exact) mass is 1430 g/mol. The molecule has 0 fully saturated rings. The van der Waals surface area contributed by atoms with Crippen molar-refractivity contribution in [2.75, 3.05) is 157 Å². The second-order valence-electron chi connectivity index (χ2n) is 25.3. The van der Waals surface area contributed by atoms with Crippen molar-refractivity contribution in [1.29, 1.82) is 0 Å². The lowest BCUT2D eigenvalue weighted by molar-refractivity contribution is -0.172. The number of fused-ring (bicyclic) bond motifs is 5. The lowest BCUT2D eigenvalue weighted by atomic mass is 9.86. The Balaban J connectivity index is 0.766. The maximum Gasteiger partial charge on any atom is 0.407 e. The molecule has 0 saturated heterocycles. The minimum atomic E-state index is -1.92. The number of aryl methyl sites for hydroxylation is 1. The predicted octanol–water partition coefficient (Wildman–Crippen LogP) is 6.12. The summed E-state index contributed by atoms with van der Waals surface area (Å²) in [7, 11) is 0. The maximum absolute atomic E-state index is 13.7. The molecule has 0 unspecified atom stereocenters. The third-order valence-electron chi connectivity index (χ3n) is 16.8. The van der Waals surface area contributed by atoms with Crippen LogP contribution in [-0.2, 0) is 108 Å². The van der Waals surface area contributed by atoms with E-state index >= 15 is 0 Å². The van der Waals surface area contributed by atoms with Gasteiger partial charge in [-0.3, -0.25) is 19.2 Å². The molecule has 0 aliphatic carbocycles. The van der Waals surface area contributed by atoms with E-state index in [0.717, 1.165) is 48.8 Å². The van der Waals surface area contributed by atoms with E-state index in [-0.39, 0.29) is 87.9 Å². The van der Waals surface area contributed by atoms with Gasteiger partial charge in [-0.05, 0) is 117 Å². The van der Waals surface area contributed by atoms with Crippen molar-refractivity contribution in [2.24, 2.45) is 17.6 Å². The molecule has 102 heavy (non-hydrogen) atoms. The van der Waals surface area contributed by atoms with Crippen molar-refractivity contribution in [3.63, 3.8) is 0 Å². The lowest BCUT2D eigenvalue weighted by Crippen LogP contribution is -2.54. The molecule has 0 saturated carbocycles. The van der Waals surface area contributed by atoms with Crippen LogP contribution in [0.25, 0.3) is 22.3 Å². The highest BCUT2D eigenvalue weighted by Gasteiger charge is 2.45. The zero-order valence-corrected chi connectivity index (χ0v) is 60.5. The molecule has 29 heteroatoms.